The third-order valence-electron chi connectivity index (χ3n) is 2.95. The van der Waals surface area contributed by atoms with Crippen molar-refractivity contribution in [1.29, 1.82) is 0 Å². The lowest BCUT2D eigenvalue weighted by atomic mass is 10.1. The molecule has 0 N–H and O–H groups in total. The number of hydrogen-bond donors (Lipinski definition) is 0. The van der Waals surface area contributed by atoms with Crippen molar-refractivity contribution in [2.75, 3.05) is 26.1 Å². The van der Waals surface area contributed by atoms with E-state index in [-0.39, 0.29) is 17.9 Å². The van der Waals surface area contributed by atoms with Gasteiger partial charge in [-0.1, -0.05) is 6.07 Å². The first kappa shape index (κ1) is 19.4. The van der Waals surface area contributed by atoms with Crippen molar-refractivity contribution in [2.45, 2.75) is 31.5 Å². The maximum absolute atomic E-state index is 11.3. The summed E-state index contributed by atoms with van der Waals surface area (Å²) in [6, 6.07) is 4.77. The van der Waals surface area contributed by atoms with Crippen LogP contribution in [0, 0.1) is 10.1 Å². The van der Waals surface area contributed by atoms with Gasteiger partial charge in [0.2, 0.25) is 0 Å². The standard InChI is InChI=1S/C15H21NO6S/c1-4-21-15(22-5-2)9-11-12(16(18)19)7-6-8-13(11)23-10-14(17)20-3/h6-8,15H,4-5,9-10H2,1-3H3. The summed E-state index contributed by atoms with van der Waals surface area (Å²) in [7, 11) is 1.30. The van der Waals surface area contributed by atoms with E-state index in [1.165, 1.54) is 24.9 Å². The zero-order valence-corrected chi connectivity index (χ0v) is 14.3. The van der Waals surface area contributed by atoms with Crippen molar-refractivity contribution in [3.8, 4) is 0 Å². The van der Waals surface area contributed by atoms with Crippen LogP contribution in [0.15, 0.2) is 23.1 Å². The zero-order chi connectivity index (χ0) is 17.2. The van der Waals surface area contributed by atoms with E-state index >= 15 is 0 Å². The third kappa shape index (κ3) is 6.17. The molecule has 0 aliphatic rings. The quantitative estimate of drug-likeness (QED) is 0.212. The second-order valence-corrected chi connectivity index (χ2v) is 5.44. The van der Waals surface area contributed by atoms with E-state index in [4.69, 9.17) is 9.47 Å². The molecule has 0 aromatic heterocycles. The number of thioether (sulfide) groups is 1. The van der Waals surface area contributed by atoms with Crippen LogP contribution in [0.2, 0.25) is 0 Å². The number of rotatable bonds is 10. The molecule has 0 atom stereocenters. The van der Waals surface area contributed by atoms with Gasteiger partial charge in [0.1, 0.15) is 0 Å². The fraction of sp³-hybridized carbons (Fsp3) is 0.533. The number of methoxy groups -OCH3 is 1. The van der Waals surface area contributed by atoms with Gasteiger partial charge in [-0.25, -0.2) is 0 Å². The molecule has 0 unspecified atom stereocenters. The second-order valence-electron chi connectivity index (χ2n) is 4.42. The van der Waals surface area contributed by atoms with Crippen molar-refractivity contribution < 1.29 is 23.9 Å². The molecular weight excluding hydrogens is 322 g/mol. The SMILES string of the molecule is CCOC(Cc1c(SCC(=O)OC)cccc1[N+](=O)[O-])OCC. The summed E-state index contributed by atoms with van der Waals surface area (Å²) in [6.45, 7) is 4.54. The molecule has 0 heterocycles. The third-order valence-corrected chi connectivity index (χ3v) is 4.03. The smallest absolute Gasteiger partial charge is 0.315 e. The molecule has 7 nitrogen and oxygen atoms in total. The number of carbonyl (C=O) groups excluding carboxylic acids is 1. The highest BCUT2D eigenvalue weighted by molar-refractivity contribution is 8.00. The van der Waals surface area contributed by atoms with Crippen LogP contribution in [-0.2, 0) is 25.4 Å². The van der Waals surface area contributed by atoms with Gasteiger partial charge < -0.3 is 14.2 Å². The number of hydrogen-bond acceptors (Lipinski definition) is 7. The lowest BCUT2D eigenvalue weighted by molar-refractivity contribution is -0.386. The van der Waals surface area contributed by atoms with Crippen LogP contribution >= 0.6 is 11.8 Å². The largest absolute Gasteiger partial charge is 0.468 e. The number of nitrogens with zero attached hydrogens (tertiary/aromatic N) is 1. The van der Waals surface area contributed by atoms with Gasteiger partial charge in [0, 0.05) is 36.2 Å². The average Bonchev–Trinajstić information content (AvgIpc) is 2.53. The lowest BCUT2D eigenvalue weighted by Crippen LogP contribution is -2.21. The summed E-state index contributed by atoms with van der Waals surface area (Å²) >= 11 is 1.20. The topological polar surface area (TPSA) is 87.9 Å². The Morgan fingerprint density at radius 2 is 1.96 bits per heavy atom. The molecule has 0 amide bonds. The van der Waals surface area contributed by atoms with Crippen molar-refractivity contribution in [3.63, 3.8) is 0 Å². The summed E-state index contributed by atoms with van der Waals surface area (Å²) in [6.07, 6.45) is -0.328. The molecule has 1 rings (SSSR count). The number of benzene rings is 1. The van der Waals surface area contributed by atoms with Gasteiger partial charge in [-0.3, -0.25) is 14.9 Å². The maximum atomic E-state index is 11.3. The Balaban J connectivity index is 3.07. The Morgan fingerprint density at radius 1 is 1.30 bits per heavy atom. The summed E-state index contributed by atoms with van der Waals surface area (Å²) in [4.78, 5) is 22.8. The maximum Gasteiger partial charge on any atom is 0.315 e. The number of nitro benzene ring substituents is 1. The van der Waals surface area contributed by atoms with E-state index in [1.807, 2.05) is 13.8 Å². The number of carbonyl (C=O) groups is 1. The average molecular weight is 343 g/mol. The van der Waals surface area contributed by atoms with E-state index in [9.17, 15) is 14.9 Å². The van der Waals surface area contributed by atoms with Gasteiger partial charge in [0.15, 0.2) is 6.29 Å². The molecule has 0 bridgehead atoms. The molecule has 0 aliphatic carbocycles. The first-order valence-corrected chi connectivity index (χ1v) is 8.21. The van der Waals surface area contributed by atoms with Crippen LogP contribution in [0.3, 0.4) is 0 Å². The number of esters is 1. The van der Waals surface area contributed by atoms with Crippen molar-refractivity contribution in [3.05, 3.63) is 33.9 Å². The Morgan fingerprint density at radius 3 is 2.48 bits per heavy atom. The highest BCUT2D eigenvalue weighted by Gasteiger charge is 2.22. The molecule has 0 aliphatic heterocycles. The second kappa shape index (κ2) is 10.2. The van der Waals surface area contributed by atoms with Crippen molar-refractivity contribution in [1.82, 2.24) is 0 Å². The van der Waals surface area contributed by atoms with Crippen molar-refractivity contribution >= 4 is 23.4 Å². The lowest BCUT2D eigenvalue weighted by Gasteiger charge is -2.18. The Hall–Kier alpha value is -1.64. The molecule has 1 aromatic rings. The molecule has 0 saturated carbocycles. The zero-order valence-electron chi connectivity index (χ0n) is 13.4. The monoisotopic (exact) mass is 343 g/mol. The predicted molar refractivity (Wildman–Crippen MR) is 86.6 cm³/mol. The summed E-state index contributed by atoms with van der Waals surface area (Å²) in [5, 5.41) is 11.3. The molecule has 0 fully saturated rings. The molecule has 23 heavy (non-hydrogen) atoms. The summed E-state index contributed by atoms with van der Waals surface area (Å²) < 4.78 is 15.6. The number of nitro groups is 1. The highest BCUT2D eigenvalue weighted by Crippen LogP contribution is 2.31. The van der Waals surface area contributed by atoms with Gasteiger partial charge in [-0.15, -0.1) is 11.8 Å². The van der Waals surface area contributed by atoms with Crippen LogP contribution in [0.5, 0.6) is 0 Å². The van der Waals surface area contributed by atoms with Crippen LogP contribution in [0.4, 0.5) is 5.69 Å². The normalized spacial score (nSPS) is 10.8. The minimum absolute atomic E-state index is 0.00993. The minimum Gasteiger partial charge on any atom is -0.468 e. The fourth-order valence-corrected chi connectivity index (χ4v) is 2.89. The summed E-state index contributed by atoms with van der Waals surface area (Å²) in [5.74, 6) is -0.308. The van der Waals surface area contributed by atoms with E-state index in [0.717, 1.165) is 0 Å². The van der Waals surface area contributed by atoms with Crippen LogP contribution in [0.1, 0.15) is 19.4 Å². The molecule has 0 spiro atoms. The van der Waals surface area contributed by atoms with Crippen LogP contribution in [0.25, 0.3) is 0 Å². The first-order valence-electron chi connectivity index (χ1n) is 7.22. The molecule has 0 saturated heterocycles. The van der Waals surface area contributed by atoms with Crippen molar-refractivity contribution in [2.24, 2.45) is 0 Å². The Kier molecular flexibility index (Phi) is 8.60. The van der Waals surface area contributed by atoms with Gasteiger partial charge in [-0.05, 0) is 19.9 Å². The minimum atomic E-state index is -0.566. The van der Waals surface area contributed by atoms with E-state index < -0.39 is 17.2 Å². The first-order chi connectivity index (χ1) is 11.0. The van der Waals surface area contributed by atoms with Crippen LogP contribution < -0.4 is 0 Å². The Labute approximate surface area is 139 Å². The molecule has 128 valence electrons. The molecule has 0 radical (unpaired) electrons. The van der Waals surface area contributed by atoms with Gasteiger partial charge in [0.25, 0.3) is 5.69 Å². The van der Waals surface area contributed by atoms with Gasteiger partial charge >= 0.3 is 5.97 Å². The van der Waals surface area contributed by atoms with E-state index in [1.54, 1.807) is 12.1 Å². The summed E-state index contributed by atoms with van der Waals surface area (Å²) in [5.41, 5.74) is 0.488. The molecular formula is C15H21NO6S. The Bertz CT molecular complexity index is 531. The number of ether oxygens (including phenoxy) is 3. The van der Waals surface area contributed by atoms with E-state index in [2.05, 4.69) is 4.74 Å². The molecule has 1 aromatic carbocycles. The van der Waals surface area contributed by atoms with Gasteiger partial charge in [0.05, 0.1) is 17.8 Å². The van der Waals surface area contributed by atoms with Gasteiger partial charge in [-0.2, -0.15) is 0 Å². The fourth-order valence-electron chi connectivity index (χ4n) is 1.97. The predicted octanol–water partition coefficient (Wildman–Crippen LogP) is 2.80. The highest BCUT2D eigenvalue weighted by atomic mass is 32.2. The van der Waals surface area contributed by atoms with Crippen LogP contribution in [-0.4, -0.2) is 43.3 Å². The molecule has 8 heteroatoms. The van der Waals surface area contributed by atoms with E-state index in [0.29, 0.717) is 23.7 Å².